The molecule has 3 N–H and O–H groups in total. The van der Waals surface area contributed by atoms with Crippen LogP contribution >= 0.6 is 0 Å². The first-order valence-electron chi connectivity index (χ1n) is 11.8. The van der Waals surface area contributed by atoms with Crippen LogP contribution in [0.5, 0.6) is 0 Å². The Balaban J connectivity index is 1.78. The lowest BCUT2D eigenvalue weighted by atomic mass is 10.1. The Labute approximate surface area is 211 Å². The standard InChI is InChI=1S/C26H27F3N6O2/c1-14(2)31-23-16(12-30)24(34-10-9-15(3)13-34)21(11-19(23)29)32-26(37)20-7-8-22(36)35(33-20)25-17(27)5-4-6-18(25)28/h4-8,11-12,14-15,30-31H,9-10,13H2,1-3H3,(H,32,37)/t15-/m0/s1. The van der Waals surface area contributed by atoms with Crippen molar-refractivity contribution in [2.75, 3.05) is 28.6 Å². The second kappa shape index (κ2) is 10.5. The molecule has 0 aliphatic carbocycles. The number of anilines is 3. The van der Waals surface area contributed by atoms with Gasteiger partial charge in [-0.2, -0.15) is 9.78 Å². The van der Waals surface area contributed by atoms with E-state index >= 15 is 4.39 Å². The van der Waals surface area contributed by atoms with E-state index in [0.717, 1.165) is 43.0 Å². The summed E-state index contributed by atoms with van der Waals surface area (Å²) < 4.78 is 44.3. The Kier molecular flexibility index (Phi) is 7.33. The van der Waals surface area contributed by atoms with E-state index in [2.05, 4.69) is 22.7 Å². The van der Waals surface area contributed by atoms with E-state index in [1.54, 1.807) is 0 Å². The van der Waals surface area contributed by atoms with E-state index in [9.17, 15) is 18.4 Å². The number of hydrogen-bond acceptors (Lipinski definition) is 6. The van der Waals surface area contributed by atoms with Crippen molar-refractivity contribution in [2.24, 2.45) is 5.92 Å². The molecular formula is C26H27F3N6O2. The zero-order chi connectivity index (χ0) is 26.9. The molecule has 2 heterocycles. The van der Waals surface area contributed by atoms with E-state index in [1.807, 2.05) is 18.7 Å². The molecule has 1 fully saturated rings. The highest BCUT2D eigenvalue weighted by Crippen LogP contribution is 2.39. The van der Waals surface area contributed by atoms with Crippen molar-refractivity contribution in [1.82, 2.24) is 9.78 Å². The molecule has 1 aromatic heterocycles. The Bertz CT molecular complexity index is 1400. The molecule has 37 heavy (non-hydrogen) atoms. The molecule has 2 aromatic carbocycles. The summed E-state index contributed by atoms with van der Waals surface area (Å²) in [5.41, 5.74) is -0.844. The van der Waals surface area contributed by atoms with Crippen LogP contribution in [0.2, 0.25) is 0 Å². The third-order valence-corrected chi connectivity index (χ3v) is 6.04. The molecule has 8 nitrogen and oxygen atoms in total. The maximum atomic E-state index is 15.2. The number of benzene rings is 2. The molecule has 0 spiro atoms. The van der Waals surface area contributed by atoms with Crippen LogP contribution in [-0.2, 0) is 0 Å². The van der Waals surface area contributed by atoms with Crippen molar-refractivity contribution >= 4 is 29.2 Å². The molecule has 1 aliphatic rings. The van der Waals surface area contributed by atoms with Gasteiger partial charge in [0, 0.05) is 43.0 Å². The average molecular weight is 513 g/mol. The highest BCUT2D eigenvalue weighted by atomic mass is 19.1. The fraction of sp³-hybridized carbons (Fsp3) is 0.308. The van der Waals surface area contributed by atoms with Gasteiger partial charge in [-0.05, 0) is 44.4 Å². The van der Waals surface area contributed by atoms with Gasteiger partial charge in [0.2, 0.25) is 0 Å². The Morgan fingerprint density at radius 2 is 1.84 bits per heavy atom. The zero-order valence-electron chi connectivity index (χ0n) is 20.6. The lowest BCUT2D eigenvalue weighted by Crippen LogP contribution is -2.28. The van der Waals surface area contributed by atoms with Crippen LogP contribution in [0.4, 0.5) is 30.2 Å². The normalized spacial score (nSPS) is 15.2. The van der Waals surface area contributed by atoms with Crippen LogP contribution in [0.1, 0.15) is 43.2 Å². The first-order valence-corrected chi connectivity index (χ1v) is 11.8. The third-order valence-electron chi connectivity index (χ3n) is 6.04. The predicted octanol–water partition coefficient (Wildman–Crippen LogP) is 4.57. The molecular weight excluding hydrogens is 485 g/mol. The van der Waals surface area contributed by atoms with Gasteiger partial charge >= 0.3 is 0 Å². The van der Waals surface area contributed by atoms with Gasteiger partial charge < -0.3 is 20.9 Å². The van der Waals surface area contributed by atoms with Gasteiger partial charge in [0.25, 0.3) is 11.5 Å². The molecule has 0 unspecified atom stereocenters. The molecule has 1 saturated heterocycles. The number of carbonyl (C=O) groups excluding carboxylic acids is 1. The minimum Gasteiger partial charge on any atom is -0.380 e. The fourth-order valence-electron chi connectivity index (χ4n) is 4.38. The van der Waals surface area contributed by atoms with Crippen LogP contribution in [0, 0.1) is 28.8 Å². The quantitative estimate of drug-likeness (QED) is 0.403. The maximum absolute atomic E-state index is 15.2. The highest BCUT2D eigenvalue weighted by Gasteiger charge is 2.28. The van der Waals surface area contributed by atoms with E-state index < -0.39 is 34.6 Å². The fourth-order valence-corrected chi connectivity index (χ4v) is 4.38. The third kappa shape index (κ3) is 5.20. The number of aromatic nitrogens is 2. The SMILES string of the molecule is CC(C)Nc1c(F)cc(NC(=O)c2ccc(=O)n(-c3c(F)cccc3F)n2)c(N2CC[C@H](C)C2)c1C=N. The average Bonchev–Trinajstić information content (AvgIpc) is 3.26. The van der Waals surface area contributed by atoms with Crippen LogP contribution in [0.3, 0.4) is 0 Å². The number of nitrogens with zero attached hydrogens (tertiary/aromatic N) is 3. The van der Waals surface area contributed by atoms with Gasteiger partial charge in [-0.25, -0.2) is 13.2 Å². The lowest BCUT2D eigenvalue weighted by Gasteiger charge is -2.27. The Morgan fingerprint density at radius 1 is 1.14 bits per heavy atom. The number of nitrogens with one attached hydrogen (secondary N) is 3. The number of para-hydroxylation sites is 1. The van der Waals surface area contributed by atoms with E-state index in [4.69, 9.17) is 5.41 Å². The molecule has 0 bridgehead atoms. The number of amides is 1. The van der Waals surface area contributed by atoms with Crippen LogP contribution in [0.25, 0.3) is 5.69 Å². The molecule has 4 rings (SSSR count). The first kappa shape index (κ1) is 25.9. The summed E-state index contributed by atoms with van der Waals surface area (Å²) >= 11 is 0. The summed E-state index contributed by atoms with van der Waals surface area (Å²) in [7, 11) is 0. The molecule has 11 heteroatoms. The Morgan fingerprint density at radius 3 is 2.43 bits per heavy atom. The van der Waals surface area contributed by atoms with Crippen molar-refractivity contribution in [1.29, 1.82) is 5.41 Å². The molecule has 1 aliphatic heterocycles. The molecule has 1 atom stereocenters. The van der Waals surface area contributed by atoms with Gasteiger partial charge in [-0.1, -0.05) is 13.0 Å². The van der Waals surface area contributed by atoms with Crippen molar-refractivity contribution in [3.05, 3.63) is 75.5 Å². The number of carbonyl (C=O) groups is 1. The molecule has 194 valence electrons. The molecule has 0 radical (unpaired) electrons. The number of hydrogen-bond donors (Lipinski definition) is 3. The van der Waals surface area contributed by atoms with Gasteiger partial charge in [0.1, 0.15) is 17.2 Å². The van der Waals surface area contributed by atoms with Gasteiger partial charge in [0.15, 0.2) is 11.6 Å². The van der Waals surface area contributed by atoms with Crippen LogP contribution < -0.4 is 21.1 Å². The first-order chi connectivity index (χ1) is 17.6. The van der Waals surface area contributed by atoms with Gasteiger partial charge in [0.05, 0.1) is 17.1 Å². The number of halogens is 3. The smallest absolute Gasteiger partial charge is 0.276 e. The van der Waals surface area contributed by atoms with E-state index in [1.165, 1.54) is 6.07 Å². The minimum absolute atomic E-state index is 0.108. The van der Waals surface area contributed by atoms with Gasteiger partial charge in [-0.15, -0.1) is 0 Å². The molecule has 1 amide bonds. The van der Waals surface area contributed by atoms with Crippen molar-refractivity contribution in [3.63, 3.8) is 0 Å². The van der Waals surface area contributed by atoms with Crippen molar-refractivity contribution < 1.29 is 18.0 Å². The zero-order valence-corrected chi connectivity index (χ0v) is 20.6. The summed E-state index contributed by atoms with van der Waals surface area (Å²) in [4.78, 5) is 27.5. The minimum atomic E-state index is -1.02. The highest BCUT2D eigenvalue weighted by molar-refractivity contribution is 6.08. The maximum Gasteiger partial charge on any atom is 0.276 e. The second-order valence-corrected chi connectivity index (χ2v) is 9.32. The van der Waals surface area contributed by atoms with Crippen molar-refractivity contribution in [3.8, 4) is 5.69 Å². The number of rotatable bonds is 7. The van der Waals surface area contributed by atoms with Crippen LogP contribution in [0.15, 0.2) is 41.2 Å². The largest absolute Gasteiger partial charge is 0.380 e. The topological polar surface area (TPSA) is 103 Å². The molecule has 0 saturated carbocycles. The monoisotopic (exact) mass is 512 g/mol. The summed E-state index contributed by atoms with van der Waals surface area (Å²) in [5, 5.41) is 17.5. The van der Waals surface area contributed by atoms with Crippen LogP contribution in [-0.4, -0.2) is 41.0 Å². The predicted molar refractivity (Wildman–Crippen MR) is 137 cm³/mol. The van der Waals surface area contributed by atoms with E-state index in [0.29, 0.717) is 29.4 Å². The summed E-state index contributed by atoms with van der Waals surface area (Å²) in [6.45, 7) is 7.06. The van der Waals surface area contributed by atoms with Gasteiger partial charge in [-0.3, -0.25) is 9.59 Å². The summed E-state index contributed by atoms with van der Waals surface area (Å²) in [6.07, 6.45) is 1.93. The summed E-state index contributed by atoms with van der Waals surface area (Å²) in [6, 6.07) is 6.23. The lowest BCUT2D eigenvalue weighted by molar-refractivity contribution is 0.102. The Hall–Kier alpha value is -4.15. The van der Waals surface area contributed by atoms with Crippen molar-refractivity contribution in [2.45, 2.75) is 33.2 Å². The van der Waals surface area contributed by atoms with E-state index in [-0.39, 0.29) is 28.7 Å². The molecule has 3 aromatic rings. The summed E-state index contributed by atoms with van der Waals surface area (Å²) in [5.74, 6) is -3.18. The second-order valence-electron chi connectivity index (χ2n) is 9.32.